The van der Waals surface area contributed by atoms with E-state index in [1.165, 1.54) is 0 Å². The quantitative estimate of drug-likeness (QED) is 0.361. The van der Waals surface area contributed by atoms with Crippen molar-refractivity contribution in [2.75, 3.05) is 20.3 Å². The third kappa shape index (κ3) is 4.97. The van der Waals surface area contributed by atoms with Gasteiger partial charge in [0.2, 0.25) is 0 Å². The molecule has 0 saturated carbocycles. The second kappa shape index (κ2) is 7.03. The number of hydrogen-bond donors (Lipinski definition) is 2. The van der Waals surface area contributed by atoms with Crippen LogP contribution in [0.5, 0.6) is 0 Å². The van der Waals surface area contributed by atoms with Gasteiger partial charge < -0.3 is 14.5 Å². The average Bonchev–Trinajstić information content (AvgIpc) is 2.73. The Labute approximate surface area is 106 Å². The van der Waals surface area contributed by atoms with Crippen LogP contribution in [-0.2, 0) is 4.74 Å². The Balaban J connectivity index is 2.40. The Bertz CT molecular complexity index is 401. The molecule has 0 unspecified atom stereocenters. The lowest BCUT2D eigenvalue weighted by Gasteiger charge is -2.06. The minimum absolute atomic E-state index is 0.463. The van der Waals surface area contributed by atoms with E-state index in [-0.39, 0.29) is 0 Å². The fourth-order valence-electron chi connectivity index (χ4n) is 1.12. The maximum Gasteiger partial charge on any atom is 0.187 e. The van der Waals surface area contributed by atoms with Crippen LogP contribution < -0.4 is 10.7 Å². The molecule has 0 spiro atoms. The molecule has 5 nitrogen and oxygen atoms in total. The highest BCUT2D eigenvalue weighted by Crippen LogP contribution is 2.06. The minimum atomic E-state index is 0.463. The van der Waals surface area contributed by atoms with Crippen LogP contribution in [0.15, 0.2) is 21.7 Å². The Kier molecular flexibility index (Phi) is 5.65. The lowest BCUT2D eigenvalue weighted by Crippen LogP contribution is -2.34. The first-order valence-electron chi connectivity index (χ1n) is 5.27. The number of rotatable bonds is 5. The van der Waals surface area contributed by atoms with Crippen LogP contribution in [0.1, 0.15) is 18.4 Å². The summed E-state index contributed by atoms with van der Waals surface area (Å²) < 4.78 is 10.3. The standard InChI is InChI=1S/C11H17N3O2S/c1-8-4-5-10(16-8)9(2)13-14-11(17)12-6-7-15-3/h4-5H,6-7H2,1-3H3,(H2,12,14,17)/b13-9-. The summed E-state index contributed by atoms with van der Waals surface area (Å²) >= 11 is 5.03. The van der Waals surface area contributed by atoms with Gasteiger partial charge in [0.05, 0.1) is 6.61 Å². The third-order valence-corrected chi connectivity index (χ3v) is 2.25. The van der Waals surface area contributed by atoms with Crippen LogP contribution >= 0.6 is 12.2 Å². The number of furan rings is 1. The SMILES string of the molecule is COCCNC(=S)N/N=C(/C)c1ccc(C)o1. The molecular weight excluding hydrogens is 238 g/mol. The zero-order valence-electron chi connectivity index (χ0n) is 10.2. The normalized spacial score (nSPS) is 11.4. The summed E-state index contributed by atoms with van der Waals surface area (Å²) in [5, 5.41) is 7.53. The van der Waals surface area contributed by atoms with Gasteiger partial charge in [-0.3, -0.25) is 5.43 Å². The van der Waals surface area contributed by atoms with E-state index in [1.54, 1.807) is 7.11 Å². The number of hydrazone groups is 1. The van der Waals surface area contributed by atoms with Gasteiger partial charge in [-0.2, -0.15) is 5.10 Å². The molecule has 0 atom stereocenters. The van der Waals surface area contributed by atoms with Crippen LogP contribution in [0, 0.1) is 6.92 Å². The topological polar surface area (TPSA) is 58.8 Å². The summed E-state index contributed by atoms with van der Waals surface area (Å²) in [6.45, 7) is 4.99. The van der Waals surface area contributed by atoms with Gasteiger partial charge in [0.15, 0.2) is 5.11 Å². The lowest BCUT2D eigenvalue weighted by atomic mass is 10.3. The molecule has 6 heteroatoms. The van der Waals surface area contributed by atoms with E-state index in [4.69, 9.17) is 21.4 Å². The number of ether oxygens (including phenoxy) is 1. The summed E-state index contributed by atoms with van der Waals surface area (Å²) in [5.41, 5.74) is 3.49. The highest BCUT2D eigenvalue weighted by Gasteiger charge is 2.02. The summed E-state index contributed by atoms with van der Waals surface area (Å²) in [6.07, 6.45) is 0. The molecule has 0 aliphatic heterocycles. The van der Waals surface area contributed by atoms with E-state index in [9.17, 15) is 0 Å². The van der Waals surface area contributed by atoms with E-state index in [2.05, 4.69) is 15.8 Å². The van der Waals surface area contributed by atoms with Gasteiger partial charge >= 0.3 is 0 Å². The van der Waals surface area contributed by atoms with Gasteiger partial charge in [0.25, 0.3) is 0 Å². The zero-order valence-corrected chi connectivity index (χ0v) is 11.1. The van der Waals surface area contributed by atoms with Crippen molar-refractivity contribution < 1.29 is 9.15 Å². The lowest BCUT2D eigenvalue weighted by molar-refractivity contribution is 0.204. The van der Waals surface area contributed by atoms with Crippen molar-refractivity contribution in [2.45, 2.75) is 13.8 Å². The van der Waals surface area contributed by atoms with Crippen molar-refractivity contribution in [1.29, 1.82) is 0 Å². The summed E-state index contributed by atoms with van der Waals surface area (Å²) in [7, 11) is 1.64. The second-order valence-corrected chi connectivity index (χ2v) is 3.88. The Morgan fingerprint density at radius 3 is 2.88 bits per heavy atom. The van der Waals surface area contributed by atoms with Crippen molar-refractivity contribution in [1.82, 2.24) is 10.7 Å². The molecule has 0 aliphatic carbocycles. The Morgan fingerprint density at radius 1 is 1.53 bits per heavy atom. The fraction of sp³-hybridized carbons (Fsp3) is 0.455. The average molecular weight is 255 g/mol. The molecule has 94 valence electrons. The molecule has 0 bridgehead atoms. The Hall–Kier alpha value is -1.40. The zero-order chi connectivity index (χ0) is 12.7. The number of aryl methyl sites for hydroxylation is 1. The minimum Gasteiger partial charge on any atom is -0.460 e. The van der Waals surface area contributed by atoms with Gasteiger partial charge in [-0.15, -0.1) is 0 Å². The van der Waals surface area contributed by atoms with Crippen LogP contribution in [0.4, 0.5) is 0 Å². The summed E-state index contributed by atoms with van der Waals surface area (Å²) in [4.78, 5) is 0. The van der Waals surface area contributed by atoms with Crippen molar-refractivity contribution in [3.05, 3.63) is 23.7 Å². The highest BCUT2D eigenvalue weighted by atomic mass is 32.1. The first kappa shape index (κ1) is 13.7. The molecule has 0 radical (unpaired) electrons. The van der Waals surface area contributed by atoms with Gasteiger partial charge in [-0.05, 0) is 38.2 Å². The predicted molar refractivity (Wildman–Crippen MR) is 71.3 cm³/mol. The molecule has 17 heavy (non-hydrogen) atoms. The monoisotopic (exact) mass is 255 g/mol. The van der Waals surface area contributed by atoms with E-state index >= 15 is 0 Å². The largest absolute Gasteiger partial charge is 0.460 e. The highest BCUT2D eigenvalue weighted by molar-refractivity contribution is 7.80. The van der Waals surface area contributed by atoms with Gasteiger partial charge in [0, 0.05) is 13.7 Å². The predicted octanol–water partition coefficient (Wildman–Crippen LogP) is 1.42. The molecule has 1 heterocycles. The molecule has 0 fully saturated rings. The number of nitrogens with zero attached hydrogens (tertiary/aromatic N) is 1. The first-order valence-corrected chi connectivity index (χ1v) is 5.68. The molecule has 0 amide bonds. The first-order chi connectivity index (χ1) is 8.13. The molecule has 0 aliphatic rings. The van der Waals surface area contributed by atoms with Crippen LogP contribution in [-0.4, -0.2) is 31.1 Å². The second-order valence-electron chi connectivity index (χ2n) is 3.47. The molecule has 1 rings (SSSR count). The van der Waals surface area contributed by atoms with Crippen LogP contribution in [0.25, 0.3) is 0 Å². The smallest absolute Gasteiger partial charge is 0.187 e. The fourth-order valence-corrected chi connectivity index (χ4v) is 1.27. The number of hydrogen-bond acceptors (Lipinski definition) is 4. The van der Waals surface area contributed by atoms with Gasteiger partial charge in [-0.1, -0.05) is 0 Å². The molecular formula is C11H17N3O2S. The summed E-state index contributed by atoms with van der Waals surface area (Å²) in [6, 6.07) is 3.76. The van der Waals surface area contributed by atoms with Crippen molar-refractivity contribution in [3.63, 3.8) is 0 Å². The maximum absolute atomic E-state index is 5.42. The van der Waals surface area contributed by atoms with Gasteiger partial charge in [-0.25, -0.2) is 0 Å². The number of methoxy groups -OCH3 is 1. The third-order valence-electron chi connectivity index (χ3n) is 2.01. The molecule has 2 N–H and O–H groups in total. The van der Waals surface area contributed by atoms with Crippen LogP contribution in [0.3, 0.4) is 0 Å². The van der Waals surface area contributed by atoms with E-state index in [0.717, 1.165) is 17.2 Å². The van der Waals surface area contributed by atoms with Gasteiger partial charge in [0.1, 0.15) is 17.2 Å². The van der Waals surface area contributed by atoms with E-state index in [0.29, 0.717) is 18.3 Å². The maximum atomic E-state index is 5.42. The molecule has 0 saturated heterocycles. The number of thiocarbonyl (C=S) groups is 1. The van der Waals surface area contributed by atoms with Crippen molar-refractivity contribution in [2.24, 2.45) is 5.10 Å². The van der Waals surface area contributed by atoms with E-state index < -0.39 is 0 Å². The van der Waals surface area contributed by atoms with Crippen LogP contribution in [0.2, 0.25) is 0 Å². The van der Waals surface area contributed by atoms with E-state index in [1.807, 2.05) is 26.0 Å². The summed E-state index contributed by atoms with van der Waals surface area (Å²) in [5.74, 6) is 1.59. The van der Waals surface area contributed by atoms with Crippen molar-refractivity contribution >= 4 is 23.0 Å². The Morgan fingerprint density at radius 2 is 2.29 bits per heavy atom. The molecule has 1 aromatic rings. The van der Waals surface area contributed by atoms with Crippen molar-refractivity contribution in [3.8, 4) is 0 Å². The molecule has 0 aromatic carbocycles. The molecule has 1 aromatic heterocycles. The number of nitrogens with one attached hydrogen (secondary N) is 2.